The molecule has 0 aliphatic heterocycles. The summed E-state index contributed by atoms with van der Waals surface area (Å²) in [5.41, 5.74) is 1.19. The first-order valence-electron chi connectivity index (χ1n) is 9.40. The summed E-state index contributed by atoms with van der Waals surface area (Å²) in [5.74, 6) is 0.497. The molecule has 0 spiro atoms. The van der Waals surface area contributed by atoms with Crippen LogP contribution in [0.2, 0.25) is 5.02 Å². The number of carbonyl (C=O) groups excluding carboxylic acids is 1. The van der Waals surface area contributed by atoms with Gasteiger partial charge in [0.15, 0.2) is 0 Å². The van der Waals surface area contributed by atoms with Crippen molar-refractivity contribution in [3.05, 3.63) is 71.0 Å². The Bertz CT molecular complexity index is 1280. The summed E-state index contributed by atoms with van der Waals surface area (Å²) in [6.07, 6.45) is 4.82. The van der Waals surface area contributed by atoms with Gasteiger partial charge in [-0.1, -0.05) is 23.7 Å². The molecular weight excluding hydrogens is 452 g/mol. The van der Waals surface area contributed by atoms with Gasteiger partial charge in [-0.2, -0.15) is 0 Å². The molecule has 32 heavy (non-hydrogen) atoms. The molecule has 0 saturated carbocycles. The minimum atomic E-state index is -3.74. The van der Waals surface area contributed by atoms with Gasteiger partial charge in [0.25, 0.3) is 0 Å². The second kappa shape index (κ2) is 9.80. The first-order valence-corrected chi connectivity index (χ1v) is 11.3. The van der Waals surface area contributed by atoms with E-state index in [1.807, 2.05) is 0 Å². The van der Waals surface area contributed by atoms with Crippen LogP contribution in [-0.2, 0) is 21.2 Å². The molecule has 8 nitrogen and oxygen atoms in total. The molecule has 0 unspecified atom stereocenters. The Balaban J connectivity index is 1.68. The number of carbonyl (C=O) groups is 1. The number of amides is 1. The fourth-order valence-corrected chi connectivity index (χ4v) is 4.46. The zero-order valence-corrected chi connectivity index (χ0v) is 19.0. The summed E-state index contributed by atoms with van der Waals surface area (Å²) in [7, 11) is -2.29. The Morgan fingerprint density at radius 3 is 2.56 bits per heavy atom. The number of nitrogens with zero attached hydrogens (tertiary/aromatic N) is 3. The molecule has 0 atom stereocenters. The number of ether oxygens (including phenoxy) is 1. The number of aromatic nitrogens is 2. The molecule has 0 aliphatic carbocycles. The Labute approximate surface area is 191 Å². The minimum absolute atomic E-state index is 0.0676. The van der Waals surface area contributed by atoms with Crippen LogP contribution in [0.25, 0.3) is 6.20 Å². The number of rotatable bonds is 8. The molecule has 1 heterocycles. The first kappa shape index (κ1) is 23.2. The summed E-state index contributed by atoms with van der Waals surface area (Å²) in [6, 6.07) is 10.6. The second-order valence-corrected chi connectivity index (χ2v) is 9.09. The summed E-state index contributed by atoms with van der Waals surface area (Å²) >= 11 is 6.06. The summed E-state index contributed by atoms with van der Waals surface area (Å²) in [4.78, 5) is 20.3. The van der Waals surface area contributed by atoms with Gasteiger partial charge in [0.1, 0.15) is 5.75 Å². The predicted molar refractivity (Wildman–Crippen MR) is 123 cm³/mol. The van der Waals surface area contributed by atoms with E-state index in [0.29, 0.717) is 17.3 Å². The van der Waals surface area contributed by atoms with Crippen LogP contribution < -0.4 is 10.1 Å². The Morgan fingerprint density at radius 1 is 1.25 bits per heavy atom. The fraction of sp³-hybridized carbons (Fsp3) is 0.136. The molecule has 10 heteroatoms. The van der Waals surface area contributed by atoms with Gasteiger partial charge in [-0.25, -0.2) is 18.4 Å². The van der Waals surface area contributed by atoms with E-state index in [9.17, 15) is 13.2 Å². The zero-order chi connectivity index (χ0) is 23.3. The van der Waals surface area contributed by atoms with Crippen LogP contribution in [0.5, 0.6) is 5.75 Å². The van der Waals surface area contributed by atoms with Gasteiger partial charge < -0.3 is 10.1 Å². The smallest absolute Gasteiger partial charge is 0.248 e. The number of benzene rings is 2. The topological polar surface area (TPSA) is 103 Å². The molecule has 0 bridgehead atoms. The molecule has 2 aromatic carbocycles. The SMILES string of the molecule is C=Nc1nccn1/C=C(\C)C(=O)NCc1ccc(S(=O)(=O)c2ccc(OC)c(Cl)c2)cc1. The predicted octanol–water partition coefficient (Wildman–Crippen LogP) is 3.89. The standard InChI is InChI=1S/C22H21ClN4O4S/c1-15(14-27-11-10-25-22(27)24-2)21(28)26-13-16-4-6-17(7-5-16)32(29,30)18-8-9-20(31-3)19(23)12-18/h4-12,14H,2,13H2,1,3H3,(H,26,28)/b15-14+. The van der Waals surface area contributed by atoms with Crippen LogP contribution in [0.3, 0.4) is 0 Å². The lowest BCUT2D eigenvalue weighted by molar-refractivity contribution is -0.117. The number of hydrogen-bond acceptors (Lipinski definition) is 6. The monoisotopic (exact) mass is 472 g/mol. The van der Waals surface area contributed by atoms with Crippen molar-refractivity contribution in [1.29, 1.82) is 0 Å². The summed E-state index contributed by atoms with van der Waals surface area (Å²) in [6.45, 7) is 5.33. The van der Waals surface area contributed by atoms with Crippen molar-refractivity contribution in [3.8, 4) is 5.75 Å². The van der Waals surface area contributed by atoms with Gasteiger partial charge >= 0.3 is 0 Å². The van der Waals surface area contributed by atoms with Crippen molar-refractivity contribution >= 4 is 46.2 Å². The number of aliphatic imine (C=N–C) groups is 1. The van der Waals surface area contributed by atoms with E-state index in [0.717, 1.165) is 5.56 Å². The van der Waals surface area contributed by atoms with Crippen LogP contribution in [0.1, 0.15) is 12.5 Å². The number of halogens is 1. The average Bonchev–Trinajstić information content (AvgIpc) is 3.24. The van der Waals surface area contributed by atoms with Gasteiger partial charge in [-0.3, -0.25) is 9.36 Å². The van der Waals surface area contributed by atoms with Gasteiger partial charge in [0.05, 0.1) is 21.9 Å². The lowest BCUT2D eigenvalue weighted by Crippen LogP contribution is -2.23. The highest BCUT2D eigenvalue weighted by Crippen LogP contribution is 2.30. The van der Waals surface area contributed by atoms with Crippen LogP contribution in [0, 0.1) is 0 Å². The molecule has 3 rings (SSSR count). The molecule has 0 radical (unpaired) electrons. The van der Waals surface area contributed by atoms with Gasteiger partial charge in [-0.15, -0.1) is 0 Å². The molecule has 1 N–H and O–H groups in total. The third kappa shape index (κ3) is 5.06. The normalized spacial score (nSPS) is 11.8. The van der Waals surface area contributed by atoms with E-state index in [2.05, 4.69) is 22.0 Å². The molecule has 1 amide bonds. The van der Waals surface area contributed by atoms with Crippen molar-refractivity contribution < 1.29 is 17.9 Å². The third-order valence-corrected chi connectivity index (χ3v) is 6.66. The lowest BCUT2D eigenvalue weighted by atomic mass is 10.2. The van der Waals surface area contributed by atoms with Crippen molar-refractivity contribution in [2.45, 2.75) is 23.3 Å². The van der Waals surface area contributed by atoms with Crippen molar-refractivity contribution in [3.63, 3.8) is 0 Å². The number of nitrogens with one attached hydrogen (secondary N) is 1. The molecular formula is C22H21ClN4O4S. The second-order valence-electron chi connectivity index (χ2n) is 6.73. The lowest BCUT2D eigenvalue weighted by Gasteiger charge is -2.09. The van der Waals surface area contributed by atoms with Gasteiger partial charge in [0.2, 0.25) is 21.7 Å². The maximum atomic E-state index is 12.9. The summed E-state index contributed by atoms with van der Waals surface area (Å²) < 4.78 is 32.4. The van der Waals surface area contributed by atoms with Crippen molar-refractivity contribution in [2.24, 2.45) is 4.99 Å². The number of methoxy groups -OCH3 is 1. The van der Waals surface area contributed by atoms with Crippen LogP contribution >= 0.6 is 11.6 Å². The molecule has 166 valence electrons. The Kier molecular flexibility index (Phi) is 7.12. The maximum absolute atomic E-state index is 12.9. The zero-order valence-electron chi connectivity index (χ0n) is 17.4. The molecule has 3 aromatic rings. The highest BCUT2D eigenvalue weighted by molar-refractivity contribution is 7.91. The van der Waals surface area contributed by atoms with Crippen molar-refractivity contribution in [1.82, 2.24) is 14.9 Å². The van der Waals surface area contributed by atoms with E-state index >= 15 is 0 Å². The van der Waals surface area contributed by atoms with Gasteiger partial charge in [0, 0.05) is 30.7 Å². The Hall–Kier alpha value is -3.43. The van der Waals surface area contributed by atoms with Crippen LogP contribution in [0.15, 0.2) is 75.2 Å². The van der Waals surface area contributed by atoms with Crippen LogP contribution in [-0.4, -0.2) is 37.7 Å². The molecule has 0 fully saturated rings. The number of imidazole rings is 1. The Morgan fingerprint density at radius 2 is 1.94 bits per heavy atom. The van der Waals surface area contributed by atoms with E-state index in [1.165, 1.54) is 37.4 Å². The van der Waals surface area contributed by atoms with Crippen LogP contribution in [0.4, 0.5) is 5.95 Å². The third-order valence-electron chi connectivity index (χ3n) is 4.60. The minimum Gasteiger partial charge on any atom is -0.495 e. The van der Waals surface area contributed by atoms with E-state index in [-0.39, 0.29) is 27.3 Å². The highest BCUT2D eigenvalue weighted by atomic mass is 35.5. The van der Waals surface area contributed by atoms with E-state index in [1.54, 1.807) is 42.2 Å². The molecule has 0 saturated heterocycles. The summed E-state index contributed by atoms with van der Waals surface area (Å²) in [5, 5.41) is 3.00. The van der Waals surface area contributed by atoms with Crippen molar-refractivity contribution in [2.75, 3.05) is 7.11 Å². The highest BCUT2D eigenvalue weighted by Gasteiger charge is 2.19. The maximum Gasteiger partial charge on any atom is 0.248 e. The molecule has 1 aromatic heterocycles. The quantitative estimate of drug-likeness (QED) is 0.396. The number of sulfone groups is 1. The first-order chi connectivity index (χ1) is 15.3. The average molecular weight is 473 g/mol. The molecule has 0 aliphatic rings. The van der Waals surface area contributed by atoms with E-state index < -0.39 is 9.84 Å². The fourth-order valence-electron chi connectivity index (χ4n) is 2.85. The largest absolute Gasteiger partial charge is 0.495 e. The number of hydrogen-bond donors (Lipinski definition) is 1. The van der Waals surface area contributed by atoms with Gasteiger partial charge in [-0.05, 0) is 49.5 Å². The van der Waals surface area contributed by atoms with E-state index in [4.69, 9.17) is 16.3 Å².